The summed E-state index contributed by atoms with van der Waals surface area (Å²) in [5.41, 5.74) is 0.818. The van der Waals surface area contributed by atoms with Crippen LogP contribution in [0.2, 0.25) is 0 Å². The van der Waals surface area contributed by atoms with E-state index in [9.17, 15) is 28.4 Å². The van der Waals surface area contributed by atoms with E-state index in [2.05, 4.69) is 10.3 Å². The zero-order chi connectivity index (χ0) is 20.6. The summed E-state index contributed by atoms with van der Waals surface area (Å²) in [6.45, 7) is 2.73. The molecule has 4 atom stereocenters. The summed E-state index contributed by atoms with van der Waals surface area (Å²) in [5, 5.41) is 13.0. The van der Waals surface area contributed by atoms with Gasteiger partial charge in [-0.25, -0.2) is 8.78 Å². The summed E-state index contributed by atoms with van der Waals surface area (Å²) in [4.78, 5) is 39.1. The molecule has 28 heavy (non-hydrogen) atoms. The number of nitrogens with one attached hydrogen (secondary N) is 2. The minimum Gasteiger partial charge on any atom is -0.508 e. The molecule has 0 aliphatic carbocycles. The molecule has 0 spiro atoms. The standard InChI is InChI=1S/C19H21F2N3O4/c1-9-13-5-11(19(27)23-15(13)3-4-16(9)25)6-17(26)22-10(2)18-14(21)7-12(20)8-24(18)28/h3-5,10,12,14,18H,6-8H2,1-2H3,(H2-,22,23,25,26,27)/p+1/t10-,12?,14?,18?/m1/s1. The molecular weight excluding hydrogens is 372 g/mol. The SMILES string of the molecule is Cc1c(O)ccc2[nH]c(=O)c(CC(=O)N[C@H](C)C3C(F)CC(F)C[N+]3=O)cc12. The number of H-pyrrole nitrogens is 1. The largest absolute Gasteiger partial charge is 0.508 e. The summed E-state index contributed by atoms with van der Waals surface area (Å²) < 4.78 is 27.7. The monoisotopic (exact) mass is 394 g/mol. The van der Waals surface area contributed by atoms with E-state index in [0.29, 0.717) is 21.2 Å². The highest BCUT2D eigenvalue weighted by Crippen LogP contribution is 2.25. The molecule has 1 aliphatic rings. The van der Waals surface area contributed by atoms with Crippen LogP contribution in [0.15, 0.2) is 23.0 Å². The number of carbonyl (C=O) groups is 1. The summed E-state index contributed by atoms with van der Waals surface area (Å²) in [6, 6.07) is 2.54. The maximum absolute atomic E-state index is 14.1. The molecule has 1 aliphatic heterocycles. The molecule has 3 N–H and O–H groups in total. The van der Waals surface area contributed by atoms with E-state index in [0.717, 1.165) is 0 Å². The molecule has 2 aromatic rings. The Morgan fingerprint density at radius 3 is 2.82 bits per heavy atom. The van der Waals surface area contributed by atoms with Crippen molar-refractivity contribution < 1.29 is 23.4 Å². The third kappa shape index (κ3) is 3.88. The maximum Gasteiger partial charge on any atom is 0.252 e. The Morgan fingerprint density at radius 2 is 2.14 bits per heavy atom. The van der Waals surface area contributed by atoms with Crippen LogP contribution in [0, 0.1) is 11.8 Å². The molecule has 1 aromatic carbocycles. The zero-order valence-corrected chi connectivity index (χ0v) is 15.5. The Morgan fingerprint density at radius 1 is 1.43 bits per heavy atom. The molecule has 1 saturated heterocycles. The molecular formula is C19H22F2N3O4+. The number of benzene rings is 1. The fourth-order valence-corrected chi connectivity index (χ4v) is 3.67. The van der Waals surface area contributed by atoms with Gasteiger partial charge in [0.15, 0.2) is 12.3 Å². The van der Waals surface area contributed by atoms with Gasteiger partial charge in [-0.1, -0.05) is 0 Å². The molecule has 2 heterocycles. The van der Waals surface area contributed by atoms with Crippen LogP contribution >= 0.6 is 0 Å². The summed E-state index contributed by atoms with van der Waals surface area (Å²) in [7, 11) is 0. The van der Waals surface area contributed by atoms with Crippen LogP contribution in [0.3, 0.4) is 0 Å². The molecule has 7 nitrogen and oxygen atoms in total. The number of piperidine rings is 1. The number of phenolic OH excluding ortho intramolecular Hbond substituents is 1. The number of pyridine rings is 1. The number of hydrogen-bond acceptors (Lipinski definition) is 4. The number of carbonyl (C=O) groups excluding carboxylic acids is 1. The quantitative estimate of drug-likeness (QED) is 0.689. The zero-order valence-electron chi connectivity index (χ0n) is 15.5. The first kappa shape index (κ1) is 19.9. The predicted molar refractivity (Wildman–Crippen MR) is 99.0 cm³/mol. The third-order valence-electron chi connectivity index (χ3n) is 5.16. The van der Waals surface area contributed by atoms with E-state index in [-0.39, 0.29) is 24.2 Å². The summed E-state index contributed by atoms with van der Waals surface area (Å²) >= 11 is 0. The van der Waals surface area contributed by atoms with E-state index in [1.165, 1.54) is 19.1 Å². The van der Waals surface area contributed by atoms with Crippen LogP contribution in [0.5, 0.6) is 5.75 Å². The fraction of sp³-hybridized carbons (Fsp3) is 0.474. The Hall–Kier alpha value is -2.84. The number of fused-ring (bicyclic) bond motifs is 1. The highest BCUT2D eigenvalue weighted by Gasteiger charge is 2.47. The number of phenols is 1. The molecule has 0 bridgehead atoms. The Balaban J connectivity index is 1.76. The number of halogens is 2. The van der Waals surface area contributed by atoms with Crippen LogP contribution in [0.25, 0.3) is 10.9 Å². The number of aromatic nitrogens is 1. The van der Waals surface area contributed by atoms with Crippen molar-refractivity contribution in [3.63, 3.8) is 0 Å². The molecule has 0 saturated carbocycles. The molecule has 1 fully saturated rings. The predicted octanol–water partition coefficient (Wildman–Crippen LogP) is 1.82. The lowest BCUT2D eigenvalue weighted by Gasteiger charge is -2.25. The minimum absolute atomic E-state index is 0.0663. The Bertz CT molecular complexity index is 991. The molecule has 1 amide bonds. The van der Waals surface area contributed by atoms with Gasteiger partial charge in [0.25, 0.3) is 11.6 Å². The number of aromatic amines is 1. The number of amides is 1. The number of rotatable bonds is 4. The van der Waals surface area contributed by atoms with E-state index in [4.69, 9.17) is 0 Å². The third-order valence-corrected chi connectivity index (χ3v) is 5.16. The first-order valence-corrected chi connectivity index (χ1v) is 9.03. The number of hydrogen-bond donors (Lipinski definition) is 3. The number of nitrogens with zero attached hydrogens (tertiary/aromatic N) is 1. The van der Waals surface area contributed by atoms with Gasteiger partial charge in [-0.05, 0) is 32.0 Å². The van der Waals surface area contributed by atoms with E-state index in [1.807, 2.05) is 0 Å². The molecule has 0 radical (unpaired) electrons. The van der Waals surface area contributed by atoms with E-state index < -0.39 is 42.4 Å². The molecule has 150 valence electrons. The average molecular weight is 394 g/mol. The molecule has 9 heteroatoms. The van der Waals surface area contributed by atoms with Crippen molar-refractivity contribution in [2.75, 3.05) is 6.54 Å². The first-order valence-electron chi connectivity index (χ1n) is 9.03. The van der Waals surface area contributed by atoms with Crippen molar-refractivity contribution in [2.45, 2.75) is 51.1 Å². The summed E-state index contributed by atoms with van der Waals surface area (Å²) in [6.07, 6.45) is -3.87. The molecule has 3 unspecified atom stereocenters. The van der Waals surface area contributed by atoms with Gasteiger partial charge >= 0.3 is 0 Å². The van der Waals surface area contributed by atoms with Crippen LogP contribution < -0.4 is 10.9 Å². The number of alkyl halides is 2. The normalized spacial score (nSPS) is 23.6. The van der Waals surface area contributed by atoms with E-state index >= 15 is 0 Å². The fourth-order valence-electron chi connectivity index (χ4n) is 3.67. The van der Waals surface area contributed by atoms with Gasteiger partial charge in [0.2, 0.25) is 12.5 Å². The lowest BCUT2D eigenvalue weighted by Crippen LogP contribution is -2.55. The van der Waals surface area contributed by atoms with Gasteiger partial charge in [0.05, 0.1) is 12.5 Å². The molecule has 3 rings (SSSR count). The number of nitroso groups, excluding NO2 is 1. The van der Waals surface area contributed by atoms with Crippen LogP contribution in [-0.2, 0) is 11.2 Å². The number of aryl methyl sites for hydroxylation is 1. The Labute approximate surface area is 159 Å². The van der Waals surface area contributed by atoms with Gasteiger partial charge in [0, 0.05) is 38.1 Å². The van der Waals surface area contributed by atoms with Crippen molar-refractivity contribution in [3.05, 3.63) is 44.6 Å². The van der Waals surface area contributed by atoms with Crippen LogP contribution in [0.1, 0.15) is 24.5 Å². The minimum atomic E-state index is -1.69. The van der Waals surface area contributed by atoms with Gasteiger partial charge in [-0.15, -0.1) is 0 Å². The summed E-state index contributed by atoms with van der Waals surface area (Å²) in [5.74, 6) is -0.491. The highest BCUT2D eigenvalue weighted by molar-refractivity contribution is 5.86. The van der Waals surface area contributed by atoms with Crippen molar-refractivity contribution >= 4 is 16.8 Å². The lowest BCUT2D eigenvalue weighted by atomic mass is 9.95. The average Bonchev–Trinajstić information content (AvgIpc) is 2.58. The van der Waals surface area contributed by atoms with Crippen molar-refractivity contribution in [2.24, 2.45) is 0 Å². The van der Waals surface area contributed by atoms with Crippen molar-refractivity contribution in [1.29, 1.82) is 0 Å². The Kier molecular flexibility index (Phi) is 5.44. The van der Waals surface area contributed by atoms with Gasteiger partial charge < -0.3 is 15.4 Å². The lowest BCUT2D eigenvalue weighted by molar-refractivity contribution is -0.611. The maximum atomic E-state index is 14.1. The van der Waals surface area contributed by atoms with Crippen LogP contribution in [0.4, 0.5) is 8.78 Å². The highest BCUT2D eigenvalue weighted by atomic mass is 19.1. The van der Waals surface area contributed by atoms with Crippen molar-refractivity contribution in [3.8, 4) is 5.75 Å². The topological polar surface area (TPSA) is 102 Å². The van der Waals surface area contributed by atoms with E-state index in [1.54, 1.807) is 13.0 Å². The van der Waals surface area contributed by atoms with Gasteiger partial charge in [0.1, 0.15) is 5.75 Å². The van der Waals surface area contributed by atoms with Crippen molar-refractivity contribution in [1.82, 2.24) is 10.3 Å². The smallest absolute Gasteiger partial charge is 0.252 e. The second kappa shape index (κ2) is 7.65. The van der Waals surface area contributed by atoms with Gasteiger partial charge in [-0.3, -0.25) is 9.59 Å². The first-order chi connectivity index (χ1) is 13.2. The number of aromatic hydroxyl groups is 1. The van der Waals surface area contributed by atoms with Gasteiger partial charge in [-0.2, -0.15) is 0 Å². The second-order valence-corrected chi connectivity index (χ2v) is 7.27. The molecule has 1 aromatic heterocycles. The van der Waals surface area contributed by atoms with Crippen LogP contribution in [-0.4, -0.2) is 51.7 Å². The second-order valence-electron chi connectivity index (χ2n) is 7.27.